The molecule has 5 nitrogen and oxygen atoms in total. The summed E-state index contributed by atoms with van der Waals surface area (Å²) in [7, 11) is 0. The third-order valence-electron chi connectivity index (χ3n) is 11.1. The van der Waals surface area contributed by atoms with Gasteiger partial charge in [-0.3, -0.25) is 0 Å². The third-order valence-corrected chi connectivity index (χ3v) is 11.1. The fraction of sp³-hybridized carbons (Fsp3) is 0. The van der Waals surface area contributed by atoms with Gasteiger partial charge in [0.05, 0.1) is 62.1 Å². The van der Waals surface area contributed by atoms with Gasteiger partial charge in [-0.15, -0.1) is 0 Å². The molecule has 0 saturated carbocycles. The SMILES string of the molecule is N#Cc1ccc2c(c1)c1ccccc1n2-c1cccc2c3ccccc3n(-c3ccc(-c4cccc(-n5c6ccccc6c6ccccc65)c4)c(C#N)c3)c12. The maximum Gasteiger partial charge on any atom is 0.0998 e. The minimum Gasteiger partial charge on any atom is -0.309 e. The largest absolute Gasteiger partial charge is 0.309 e. The predicted molar refractivity (Wildman–Crippen MR) is 224 cm³/mol. The molecule has 8 aromatic carbocycles. The second-order valence-electron chi connectivity index (χ2n) is 14.0. The molecule has 0 aliphatic rings. The summed E-state index contributed by atoms with van der Waals surface area (Å²) in [6.45, 7) is 0. The quantitative estimate of drug-likeness (QED) is 0.184. The number of hydrogen-bond donors (Lipinski definition) is 0. The van der Waals surface area contributed by atoms with Gasteiger partial charge in [-0.1, -0.05) is 103 Å². The van der Waals surface area contributed by atoms with Gasteiger partial charge >= 0.3 is 0 Å². The van der Waals surface area contributed by atoms with Gasteiger partial charge in [-0.2, -0.15) is 10.5 Å². The van der Waals surface area contributed by atoms with Gasteiger partial charge in [0.15, 0.2) is 0 Å². The van der Waals surface area contributed by atoms with Crippen molar-refractivity contribution in [1.29, 1.82) is 10.5 Å². The molecule has 3 heterocycles. The molecule has 11 rings (SSSR count). The Morgan fingerprint density at radius 2 is 0.909 bits per heavy atom. The molecular weight excluding hydrogens is 671 g/mol. The average molecular weight is 700 g/mol. The molecule has 0 amide bonds. The zero-order valence-corrected chi connectivity index (χ0v) is 29.5. The molecule has 0 spiro atoms. The van der Waals surface area contributed by atoms with Gasteiger partial charge in [0, 0.05) is 43.7 Å². The van der Waals surface area contributed by atoms with E-state index in [1.807, 2.05) is 24.3 Å². The molecule has 0 N–H and O–H groups in total. The summed E-state index contributed by atoms with van der Waals surface area (Å²) in [5.41, 5.74) is 12.5. The average Bonchev–Trinajstić information content (AvgIpc) is 3.89. The van der Waals surface area contributed by atoms with Crippen molar-refractivity contribution in [2.24, 2.45) is 0 Å². The highest BCUT2D eigenvalue weighted by Gasteiger charge is 2.21. The molecule has 11 aromatic rings. The molecule has 0 atom stereocenters. The molecule has 254 valence electrons. The summed E-state index contributed by atoms with van der Waals surface area (Å²) in [6, 6.07) is 65.9. The first-order valence-corrected chi connectivity index (χ1v) is 18.3. The lowest BCUT2D eigenvalue weighted by molar-refractivity contribution is 1.13. The Labute approximate surface area is 316 Å². The van der Waals surface area contributed by atoms with Crippen molar-refractivity contribution in [3.05, 3.63) is 187 Å². The molecule has 0 saturated heterocycles. The molecule has 55 heavy (non-hydrogen) atoms. The molecule has 0 radical (unpaired) electrons. The second kappa shape index (κ2) is 11.8. The van der Waals surface area contributed by atoms with Crippen molar-refractivity contribution in [2.45, 2.75) is 0 Å². The van der Waals surface area contributed by atoms with Crippen LogP contribution in [0.4, 0.5) is 0 Å². The standard InChI is InChI=1S/C50H29N5/c51-30-32-23-26-48-43(27-32)41-16-4-8-21-47(41)55(48)49-22-10-17-42-40-15-3-7-20-46(40)54(50(42)49)36-24-25-37(34(29-36)31-52)33-11-9-12-35(28-33)53-44-18-5-1-13-38(44)39-14-2-6-19-45(39)53/h1-29H. The summed E-state index contributed by atoms with van der Waals surface area (Å²) in [6.07, 6.45) is 0. The van der Waals surface area contributed by atoms with Crippen LogP contribution in [-0.4, -0.2) is 13.7 Å². The van der Waals surface area contributed by atoms with E-state index in [-0.39, 0.29) is 0 Å². The zero-order valence-electron chi connectivity index (χ0n) is 29.5. The van der Waals surface area contributed by atoms with Crippen molar-refractivity contribution < 1.29 is 0 Å². The van der Waals surface area contributed by atoms with Crippen LogP contribution in [0.25, 0.3) is 93.6 Å². The fourth-order valence-electron chi connectivity index (χ4n) is 8.78. The van der Waals surface area contributed by atoms with Crippen molar-refractivity contribution >= 4 is 65.4 Å². The van der Waals surface area contributed by atoms with E-state index in [0.29, 0.717) is 11.1 Å². The molecule has 0 bridgehead atoms. The van der Waals surface area contributed by atoms with E-state index >= 15 is 0 Å². The molecule has 0 aliphatic heterocycles. The van der Waals surface area contributed by atoms with Gasteiger partial charge in [0.2, 0.25) is 0 Å². The topological polar surface area (TPSA) is 62.4 Å². The number of para-hydroxylation sites is 5. The van der Waals surface area contributed by atoms with Crippen molar-refractivity contribution in [2.75, 3.05) is 0 Å². The lowest BCUT2D eigenvalue weighted by Gasteiger charge is -2.16. The predicted octanol–water partition coefficient (Wildman–Crippen LogP) is 12.4. The Morgan fingerprint density at radius 3 is 1.58 bits per heavy atom. The Hall–Kier alpha value is -7.86. The van der Waals surface area contributed by atoms with Crippen LogP contribution in [0.3, 0.4) is 0 Å². The second-order valence-corrected chi connectivity index (χ2v) is 14.0. The number of nitrogens with zero attached hydrogens (tertiary/aromatic N) is 5. The minimum absolute atomic E-state index is 0.598. The smallest absolute Gasteiger partial charge is 0.0998 e. The van der Waals surface area contributed by atoms with Gasteiger partial charge in [-0.05, 0) is 83.9 Å². The summed E-state index contributed by atoms with van der Waals surface area (Å²) in [4.78, 5) is 0. The lowest BCUT2D eigenvalue weighted by Crippen LogP contribution is -2.01. The van der Waals surface area contributed by atoms with Crippen LogP contribution in [0.1, 0.15) is 11.1 Å². The first-order valence-electron chi connectivity index (χ1n) is 18.3. The Bertz CT molecular complexity index is 3420. The first kappa shape index (κ1) is 30.7. The van der Waals surface area contributed by atoms with Crippen molar-refractivity contribution in [3.8, 4) is 40.3 Å². The lowest BCUT2D eigenvalue weighted by atomic mass is 9.99. The summed E-state index contributed by atoms with van der Waals surface area (Å²) < 4.78 is 6.91. The number of nitriles is 2. The number of hydrogen-bond acceptors (Lipinski definition) is 2. The molecular formula is C50H29N5. The van der Waals surface area contributed by atoms with Crippen LogP contribution >= 0.6 is 0 Å². The number of benzene rings is 8. The van der Waals surface area contributed by atoms with E-state index < -0.39 is 0 Å². The normalized spacial score (nSPS) is 11.6. The highest BCUT2D eigenvalue weighted by Crippen LogP contribution is 2.41. The van der Waals surface area contributed by atoms with E-state index in [9.17, 15) is 10.5 Å². The van der Waals surface area contributed by atoms with Gasteiger partial charge in [0.25, 0.3) is 0 Å². The minimum atomic E-state index is 0.598. The Kier molecular flexibility index (Phi) is 6.61. The van der Waals surface area contributed by atoms with Gasteiger partial charge < -0.3 is 13.7 Å². The van der Waals surface area contributed by atoms with E-state index in [1.165, 1.54) is 10.8 Å². The van der Waals surface area contributed by atoms with Crippen LogP contribution in [-0.2, 0) is 0 Å². The van der Waals surface area contributed by atoms with E-state index in [0.717, 1.165) is 82.8 Å². The number of fused-ring (bicyclic) bond motifs is 9. The number of aromatic nitrogens is 3. The van der Waals surface area contributed by atoms with Crippen LogP contribution < -0.4 is 0 Å². The van der Waals surface area contributed by atoms with Crippen molar-refractivity contribution in [1.82, 2.24) is 13.7 Å². The fourth-order valence-corrected chi connectivity index (χ4v) is 8.78. The van der Waals surface area contributed by atoms with Gasteiger partial charge in [-0.25, -0.2) is 0 Å². The van der Waals surface area contributed by atoms with Crippen LogP contribution in [0.15, 0.2) is 176 Å². The van der Waals surface area contributed by atoms with Crippen LogP contribution in [0.2, 0.25) is 0 Å². The van der Waals surface area contributed by atoms with E-state index in [4.69, 9.17) is 0 Å². The van der Waals surface area contributed by atoms with Crippen LogP contribution in [0, 0.1) is 22.7 Å². The zero-order chi connectivity index (χ0) is 36.6. The summed E-state index contributed by atoms with van der Waals surface area (Å²) in [5.74, 6) is 0. The van der Waals surface area contributed by atoms with Gasteiger partial charge in [0.1, 0.15) is 0 Å². The summed E-state index contributed by atoms with van der Waals surface area (Å²) >= 11 is 0. The monoisotopic (exact) mass is 699 g/mol. The van der Waals surface area contributed by atoms with Crippen molar-refractivity contribution in [3.63, 3.8) is 0 Å². The Morgan fingerprint density at radius 1 is 0.364 bits per heavy atom. The third kappa shape index (κ3) is 4.45. The molecule has 0 unspecified atom stereocenters. The maximum atomic E-state index is 10.8. The molecule has 0 aliphatic carbocycles. The maximum absolute atomic E-state index is 10.8. The first-order chi connectivity index (χ1) is 27.2. The number of rotatable bonds is 4. The Balaban J connectivity index is 1.13. The highest BCUT2D eigenvalue weighted by molar-refractivity contribution is 6.15. The van der Waals surface area contributed by atoms with E-state index in [2.05, 4.69) is 177 Å². The van der Waals surface area contributed by atoms with Crippen LogP contribution in [0.5, 0.6) is 0 Å². The molecule has 0 fully saturated rings. The summed E-state index contributed by atoms with van der Waals surface area (Å²) in [5, 5.41) is 27.3. The highest BCUT2D eigenvalue weighted by atomic mass is 15.1. The molecule has 3 aromatic heterocycles. The molecule has 5 heteroatoms. The van der Waals surface area contributed by atoms with E-state index in [1.54, 1.807) is 0 Å².